The highest BCUT2D eigenvalue weighted by Gasteiger charge is 2.14. The molecular formula is C12H16BrNO3S. The average molecular weight is 334 g/mol. The molecule has 0 aliphatic carbocycles. The van der Waals surface area contributed by atoms with Crippen molar-refractivity contribution in [2.24, 2.45) is 0 Å². The molecule has 0 aliphatic rings. The van der Waals surface area contributed by atoms with Crippen LogP contribution in [0.15, 0.2) is 22.7 Å². The fourth-order valence-electron chi connectivity index (χ4n) is 1.50. The van der Waals surface area contributed by atoms with E-state index in [4.69, 9.17) is 4.74 Å². The number of rotatable bonds is 5. The summed E-state index contributed by atoms with van der Waals surface area (Å²) in [5.74, 6) is 0.849. The van der Waals surface area contributed by atoms with Crippen molar-refractivity contribution in [1.82, 2.24) is 5.32 Å². The number of carbonyl (C=O) groups excluding carboxylic acids is 1. The maximum Gasteiger partial charge on any atom is 0.252 e. The Balaban J connectivity index is 2.80. The minimum atomic E-state index is -0.931. The van der Waals surface area contributed by atoms with Gasteiger partial charge in [-0.25, -0.2) is 0 Å². The molecule has 1 amide bonds. The number of halogens is 1. The zero-order valence-electron chi connectivity index (χ0n) is 10.5. The van der Waals surface area contributed by atoms with Crippen LogP contribution < -0.4 is 10.1 Å². The van der Waals surface area contributed by atoms with E-state index in [2.05, 4.69) is 21.2 Å². The van der Waals surface area contributed by atoms with Gasteiger partial charge in [-0.05, 0) is 41.1 Å². The number of ether oxygens (including phenoxy) is 1. The topological polar surface area (TPSA) is 55.4 Å². The molecule has 1 aromatic carbocycles. The van der Waals surface area contributed by atoms with Crippen LogP contribution in [0.2, 0.25) is 0 Å². The summed E-state index contributed by atoms with van der Waals surface area (Å²) in [5, 5.41) is 2.80. The molecule has 1 N–H and O–H groups in total. The molecule has 4 nitrogen and oxygen atoms in total. The van der Waals surface area contributed by atoms with Crippen molar-refractivity contribution in [3.8, 4) is 5.75 Å². The third kappa shape index (κ3) is 4.42. The fourth-order valence-corrected chi connectivity index (χ4v) is 2.71. The Kier molecular flexibility index (Phi) is 5.81. The number of amides is 1. The van der Waals surface area contributed by atoms with Crippen LogP contribution in [-0.4, -0.2) is 35.3 Å². The first-order valence-corrected chi connectivity index (χ1v) is 7.90. The monoisotopic (exact) mass is 333 g/mol. The molecule has 0 saturated heterocycles. The van der Waals surface area contributed by atoms with Crippen LogP contribution in [0.4, 0.5) is 0 Å². The van der Waals surface area contributed by atoms with Crippen molar-refractivity contribution in [1.29, 1.82) is 0 Å². The Bertz CT molecular complexity index is 465. The molecule has 1 aromatic rings. The van der Waals surface area contributed by atoms with Crippen LogP contribution in [-0.2, 0) is 10.8 Å². The second kappa shape index (κ2) is 6.89. The van der Waals surface area contributed by atoms with Crippen molar-refractivity contribution in [3.63, 3.8) is 0 Å². The van der Waals surface area contributed by atoms with Crippen molar-refractivity contribution >= 4 is 32.6 Å². The molecule has 0 fully saturated rings. The second-order valence-electron chi connectivity index (χ2n) is 3.96. The van der Waals surface area contributed by atoms with Crippen LogP contribution in [0.25, 0.3) is 0 Å². The predicted octanol–water partition coefficient (Wildman–Crippen LogP) is 1.95. The molecule has 1 rings (SSSR count). The van der Waals surface area contributed by atoms with E-state index in [9.17, 15) is 9.00 Å². The molecule has 0 bridgehead atoms. The van der Waals surface area contributed by atoms with Crippen molar-refractivity contribution in [2.75, 3.05) is 19.1 Å². The Morgan fingerprint density at radius 1 is 1.56 bits per heavy atom. The number of carbonyl (C=O) groups is 1. The zero-order valence-corrected chi connectivity index (χ0v) is 12.9. The van der Waals surface area contributed by atoms with Crippen molar-refractivity contribution < 1.29 is 13.7 Å². The molecular weight excluding hydrogens is 318 g/mol. The molecule has 6 heteroatoms. The molecule has 2 unspecified atom stereocenters. The van der Waals surface area contributed by atoms with E-state index in [0.717, 1.165) is 0 Å². The first-order chi connectivity index (χ1) is 8.43. The van der Waals surface area contributed by atoms with Crippen molar-refractivity contribution in [2.45, 2.75) is 13.0 Å². The number of hydrogen-bond donors (Lipinski definition) is 1. The lowest BCUT2D eigenvalue weighted by molar-refractivity contribution is 0.0942. The van der Waals surface area contributed by atoms with Gasteiger partial charge in [0.15, 0.2) is 0 Å². The Morgan fingerprint density at radius 3 is 2.78 bits per heavy atom. The smallest absolute Gasteiger partial charge is 0.252 e. The highest BCUT2D eigenvalue weighted by molar-refractivity contribution is 9.10. The quantitative estimate of drug-likeness (QED) is 0.896. The molecule has 0 spiro atoms. The molecule has 2 atom stereocenters. The highest BCUT2D eigenvalue weighted by atomic mass is 79.9. The van der Waals surface area contributed by atoms with E-state index in [1.807, 2.05) is 6.92 Å². The summed E-state index contributed by atoms with van der Waals surface area (Å²) in [6.45, 7) is 1.83. The van der Waals surface area contributed by atoms with Gasteiger partial charge in [-0.2, -0.15) is 0 Å². The zero-order chi connectivity index (χ0) is 13.7. The Hall–Kier alpha value is -0.880. The van der Waals surface area contributed by atoms with E-state index in [-0.39, 0.29) is 11.9 Å². The summed E-state index contributed by atoms with van der Waals surface area (Å²) in [5.41, 5.74) is 0.503. The second-order valence-corrected chi connectivity index (χ2v) is 6.29. The van der Waals surface area contributed by atoms with Crippen LogP contribution in [0.3, 0.4) is 0 Å². The van der Waals surface area contributed by atoms with Crippen LogP contribution >= 0.6 is 15.9 Å². The normalized spacial score (nSPS) is 13.8. The lowest BCUT2D eigenvalue weighted by atomic mass is 10.2. The van der Waals surface area contributed by atoms with Gasteiger partial charge < -0.3 is 10.1 Å². The lowest BCUT2D eigenvalue weighted by Crippen LogP contribution is -2.36. The summed E-state index contributed by atoms with van der Waals surface area (Å²) in [4.78, 5) is 12.0. The van der Waals surface area contributed by atoms with Gasteiger partial charge in [-0.1, -0.05) is 0 Å². The summed E-state index contributed by atoms with van der Waals surface area (Å²) >= 11 is 3.32. The van der Waals surface area contributed by atoms with E-state index >= 15 is 0 Å². The van der Waals surface area contributed by atoms with E-state index < -0.39 is 10.8 Å². The van der Waals surface area contributed by atoms with Crippen LogP contribution in [0, 0.1) is 0 Å². The Morgan fingerprint density at radius 2 is 2.22 bits per heavy atom. The lowest BCUT2D eigenvalue weighted by Gasteiger charge is -2.13. The van der Waals surface area contributed by atoms with Gasteiger partial charge >= 0.3 is 0 Å². The molecule has 0 aromatic heterocycles. The number of benzene rings is 1. The van der Waals surface area contributed by atoms with Gasteiger partial charge in [-0.3, -0.25) is 9.00 Å². The summed E-state index contributed by atoms with van der Waals surface area (Å²) < 4.78 is 16.8. The summed E-state index contributed by atoms with van der Waals surface area (Å²) in [7, 11) is 0.618. The molecule has 0 saturated carbocycles. The van der Waals surface area contributed by atoms with E-state index in [1.165, 1.54) is 0 Å². The number of nitrogens with one attached hydrogen (secondary N) is 1. The third-order valence-corrected chi connectivity index (χ3v) is 3.94. The third-order valence-electron chi connectivity index (χ3n) is 2.28. The SMILES string of the molecule is COc1ccc(Br)c(C(=O)NC(C)CS(C)=O)c1. The highest BCUT2D eigenvalue weighted by Crippen LogP contribution is 2.22. The minimum Gasteiger partial charge on any atom is -0.497 e. The van der Waals surface area contributed by atoms with Gasteiger partial charge in [0.2, 0.25) is 0 Å². The fraction of sp³-hybridized carbons (Fsp3) is 0.417. The molecule has 100 valence electrons. The first-order valence-electron chi connectivity index (χ1n) is 5.38. The molecule has 0 heterocycles. The minimum absolute atomic E-state index is 0.138. The van der Waals surface area contributed by atoms with E-state index in [0.29, 0.717) is 21.5 Å². The molecule has 0 aliphatic heterocycles. The van der Waals surface area contributed by atoms with Gasteiger partial charge in [0, 0.05) is 33.3 Å². The van der Waals surface area contributed by atoms with Gasteiger partial charge in [0.1, 0.15) is 5.75 Å². The largest absolute Gasteiger partial charge is 0.497 e. The van der Waals surface area contributed by atoms with Gasteiger partial charge in [0.05, 0.1) is 12.7 Å². The van der Waals surface area contributed by atoms with Crippen LogP contribution in [0.5, 0.6) is 5.75 Å². The van der Waals surface area contributed by atoms with Gasteiger partial charge in [-0.15, -0.1) is 0 Å². The van der Waals surface area contributed by atoms with E-state index in [1.54, 1.807) is 31.6 Å². The van der Waals surface area contributed by atoms with Gasteiger partial charge in [0.25, 0.3) is 5.91 Å². The van der Waals surface area contributed by atoms with Crippen LogP contribution in [0.1, 0.15) is 17.3 Å². The molecule has 18 heavy (non-hydrogen) atoms. The number of methoxy groups -OCH3 is 1. The standard InChI is InChI=1S/C12H16BrNO3S/c1-8(7-18(3)16)14-12(15)10-6-9(17-2)4-5-11(10)13/h4-6,8H,7H2,1-3H3,(H,14,15). The predicted molar refractivity (Wildman–Crippen MR) is 76.6 cm³/mol. The molecule has 0 radical (unpaired) electrons. The average Bonchev–Trinajstić information content (AvgIpc) is 2.28. The number of hydrogen-bond acceptors (Lipinski definition) is 3. The Labute approximate surface area is 118 Å². The maximum atomic E-state index is 12.0. The van der Waals surface area contributed by atoms with Crippen molar-refractivity contribution in [3.05, 3.63) is 28.2 Å². The maximum absolute atomic E-state index is 12.0. The first kappa shape index (κ1) is 15.2. The summed E-state index contributed by atoms with van der Waals surface area (Å²) in [6.07, 6.45) is 1.62. The summed E-state index contributed by atoms with van der Waals surface area (Å²) in [6, 6.07) is 5.05.